The van der Waals surface area contributed by atoms with Crippen molar-refractivity contribution in [2.24, 2.45) is 5.84 Å². The van der Waals surface area contributed by atoms with E-state index in [1.165, 1.54) is 0 Å². The van der Waals surface area contributed by atoms with Crippen molar-refractivity contribution < 1.29 is 8.78 Å². The highest BCUT2D eigenvalue weighted by molar-refractivity contribution is 5.93. The molecule has 1 aromatic carbocycles. The van der Waals surface area contributed by atoms with Crippen LogP contribution in [0.15, 0.2) is 12.1 Å². The Morgan fingerprint density at radius 1 is 1.18 bits per heavy atom. The van der Waals surface area contributed by atoms with Crippen LogP contribution in [0.3, 0.4) is 0 Å². The van der Waals surface area contributed by atoms with Crippen molar-refractivity contribution in [3.8, 4) is 0 Å². The molecule has 0 bridgehead atoms. The lowest BCUT2D eigenvalue weighted by atomic mass is 10.1. The average Bonchev–Trinajstić information content (AvgIpc) is 2.75. The molecule has 0 aliphatic heterocycles. The number of nitrogens with two attached hydrogens (primary N) is 1. The van der Waals surface area contributed by atoms with E-state index in [9.17, 15) is 8.78 Å². The molecule has 3 N–H and O–H groups in total. The van der Waals surface area contributed by atoms with Crippen molar-refractivity contribution in [1.82, 2.24) is 4.98 Å². The average molecular weight is 235 g/mol. The molecule has 2 aromatic rings. The molecular formula is C12H11F2N3. The topological polar surface area (TPSA) is 50.9 Å². The number of aryl methyl sites for hydroxylation is 1. The Kier molecular flexibility index (Phi) is 2.22. The van der Waals surface area contributed by atoms with Crippen molar-refractivity contribution in [3.63, 3.8) is 0 Å². The van der Waals surface area contributed by atoms with E-state index in [2.05, 4.69) is 10.4 Å². The number of hydrogen-bond donors (Lipinski definition) is 2. The van der Waals surface area contributed by atoms with Crippen molar-refractivity contribution in [3.05, 3.63) is 35.0 Å². The maximum Gasteiger partial charge on any atom is 0.161 e. The highest BCUT2D eigenvalue weighted by Crippen LogP contribution is 2.34. The van der Waals surface area contributed by atoms with Crippen LogP contribution < -0.4 is 11.3 Å². The van der Waals surface area contributed by atoms with Gasteiger partial charge in [-0.3, -0.25) is 10.8 Å². The third-order valence-electron chi connectivity index (χ3n) is 3.20. The van der Waals surface area contributed by atoms with Crippen LogP contribution in [-0.4, -0.2) is 4.98 Å². The highest BCUT2D eigenvalue weighted by atomic mass is 19.2. The van der Waals surface area contributed by atoms with E-state index in [4.69, 9.17) is 5.84 Å². The lowest BCUT2D eigenvalue weighted by Gasteiger charge is -2.11. The van der Waals surface area contributed by atoms with Gasteiger partial charge < -0.3 is 5.43 Å². The summed E-state index contributed by atoms with van der Waals surface area (Å²) in [5.41, 5.74) is 5.64. The maximum absolute atomic E-state index is 13.2. The van der Waals surface area contributed by atoms with Gasteiger partial charge in [0.25, 0.3) is 0 Å². The van der Waals surface area contributed by atoms with Crippen LogP contribution >= 0.6 is 0 Å². The number of fused-ring (bicyclic) bond motifs is 2. The van der Waals surface area contributed by atoms with Crippen molar-refractivity contribution in [1.29, 1.82) is 0 Å². The zero-order valence-electron chi connectivity index (χ0n) is 9.06. The number of benzene rings is 1. The van der Waals surface area contributed by atoms with Gasteiger partial charge in [0.15, 0.2) is 11.6 Å². The number of hydrazine groups is 1. The second kappa shape index (κ2) is 3.63. The molecule has 0 amide bonds. The number of rotatable bonds is 1. The monoisotopic (exact) mass is 235 g/mol. The second-order valence-corrected chi connectivity index (χ2v) is 4.19. The Labute approximate surface area is 96.6 Å². The quantitative estimate of drug-likeness (QED) is 0.589. The number of nitrogens with one attached hydrogen (secondary N) is 1. The molecule has 17 heavy (non-hydrogen) atoms. The predicted molar refractivity (Wildman–Crippen MR) is 61.5 cm³/mol. The van der Waals surface area contributed by atoms with Crippen LogP contribution in [0.4, 0.5) is 14.5 Å². The van der Waals surface area contributed by atoms with E-state index in [0.29, 0.717) is 16.6 Å². The molecule has 0 spiro atoms. The van der Waals surface area contributed by atoms with E-state index in [1.807, 2.05) is 0 Å². The largest absolute Gasteiger partial charge is 0.323 e. The minimum atomic E-state index is -0.883. The Hall–Kier alpha value is -1.75. The van der Waals surface area contributed by atoms with Crippen LogP contribution in [-0.2, 0) is 12.8 Å². The van der Waals surface area contributed by atoms with Gasteiger partial charge in [-0.15, -0.1) is 0 Å². The van der Waals surface area contributed by atoms with Gasteiger partial charge in [-0.2, -0.15) is 0 Å². The van der Waals surface area contributed by atoms with E-state index in [1.54, 1.807) is 0 Å². The number of anilines is 1. The predicted octanol–water partition coefficient (Wildman–Crippen LogP) is 2.29. The summed E-state index contributed by atoms with van der Waals surface area (Å²) in [6.07, 6.45) is 2.73. The van der Waals surface area contributed by atoms with Crippen molar-refractivity contribution in [2.45, 2.75) is 19.3 Å². The standard InChI is InChI=1S/C12H11F2N3/c13-8-4-7-11(5-9(8)14)16-10-3-1-2-6(10)12(7)17-15/h4-5H,1-3,15H2,(H,16,17). The Morgan fingerprint density at radius 3 is 2.71 bits per heavy atom. The molecule has 5 heteroatoms. The molecule has 3 rings (SSSR count). The summed E-state index contributed by atoms with van der Waals surface area (Å²) >= 11 is 0. The number of nitrogen functional groups attached to an aromatic ring is 1. The van der Waals surface area contributed by atoms with Crippen LogP contribution in [0.2, 0.25) is 0 Å². The van der Waals surface area contributed by atoms with E-state index in [-0.39, 0.29) is 0 Å². The first-order chi connectivity index (χ1) is 8.20. The first-order valence-electron chi connectivity index (χ1n) is 5.48. The van der Waals surface area contributed by atoms with Gasteiger partial charge in [0.2, 0.25) is 0 Å². The Morgan fingerprint density at radius 2 is 1.94 bits per heavy atom. The third kappa shape index (κ3) is 1.46. The molecule has 3 nitrogen and oxygen atoms in total. The summed E-state index contributed by atoms with van der Waals surface area (Å²) in [4.78, 5) is 4.36. The summed E-state index contributed by atoms with van der Waals surface area (Å²) in [6, 6.07) is 2.26. The van der Waals surface area contributed by atoms with Crippen LogP contribution in [0.25, 0.3) is 10.9 Å². The van der Waals surface area contributed by atoms with Gasteiger partial charge in [0.1, 0.15) is 0 Å². The molecule has 88 valence electrons. The molecule has 0 atom stereocenters. The fourth-order valence-corrected chi connectivity index (χ4v) is 2.42. The number of halogens is 2. The summed E-state index contributed by atoms with van der Waals surface area (Å²) in [5.74, 6) is 3.72. The molecule has 0 saturated carbocycles. The summed E-state index contributed by atoms with van der Waals surface area (Å²) in [6.45, 7) is 0. The van der Waals surface area contributed by atoms with Gasteiger partial charge in [0.05, 0.1) is 11.2 Å². The maximum atomic E-state index is 13.2. The van der Waals surface area contributed by atoms with Gasteiger partial charge in [-0.25, -0.2) is 8.78 Å². The summed E-state index contributed by atoms with van der Waals surface area (Å²) in [7, 11) is 0. The van der Waals surface area contributed by atoms with Crippen LogP contribution in [0, 0.1) is 11.6 Å². The number of pyridine rings is 1. The molecule has 0 saturated heterocycles. The fraction of sp³-hybridized carbons (Fsp3) is 0.250. The second-order valence-electron chi connectivity index (χ2n) is 4.19. The Bertz CT molecular complexity index is 610. The molecule has 0 unspecified atom stereocenters. The van der Waals surface area contributed by atoms with E-state index in [0.717, 1.165) is 42.7 Å². The van der Waals surface area contributed by atoms with Crippen LogP contribution in [0.1, 0.15) is 17.7 Å². The highest BCUT2D eigenvalue weighted by Gasteiger charge is 2.20. The number of aromatic nitrogens is 1. The van der Waals surface area contributed by atoms with Gasteiger partial charge >= 0.3 is 0 Å². The lowest BCUT2D eigenvalue weighted by Crippen LogP contribution is -2.11. The molecule has 1 aliphatic carbocycles. The molecular weight excluding hydrogens is 224 g/mol. The summed E-state index contributed by atoms with van der Waals surface area (Å²) < 4.78 is 26.4. The van der Waals surface area contributed by atoms with Crippen molar-refractivity contribution in [2.75, 3.05) is 5.43 Å². The molecule has 0 fully saturated rings. The minimum Gasteiger partial charge on any atom is -0.323 e. The molecule has 0 radical (unpaired) electrons. The third-order valence-corrected chi connectivity index (χ3v) is 3.20. The number of nitrogens with zero attached hydrogens (tertiary/aromatic N) is 1. The van der Waals surface area contributed by atoms with E-state index >= 15 is 0 Å². The van der Waals surface area contributed by atoms with Crippen molar-refractivity contribution >= 4 is 16.6 Å². The first kappa shape index (κ1) is 10.4. The number of hydrogen-bond acceptors (Lipinski definition) is 3. The molecule has 1 aliphatic rings. The fourth-order valence-electron chi connectivity index (χ4n) is 2.42. The SMILES string of the molecule is NNc1c2c(nc3cc(F)c(F)cc13)CCC2. The summed E-state index contributed by atoms with van der Waals surface area (Å²) in [5, 5.41) is 0.534. The van der Waals surface area contributed by atoms with Gasteiger partial charge in [-0.1, -0.05) is 0 Å². The zero-order chi connectivity index (χ0) is 12.0. The van der Waals surface area contributed by atoms with Crippen LogP contribution in [0.5, 0.6) is 0 Å². The van der Waals surface area contributed by atoms with Gasteiger partial charge in [-0.05, 0) is 30.9 Å². The normalized spacial score (nSPS) is 14.1. The lowest BCUT2D eigenvalue weighted by molar-refractivity contribution is 0.510. The first-order valence-corrected chi connectivity index (χ1v) is 5.48. The molecule has 1 heterocycles. The van der Waals surface area contributed by atoms with E-state index < -0.39 is 11.6 Å². The smallest absolute Gasteiger partial charge is 0.161 e. The molecule has 1 aromatic heterocycles. The Balaban J connectivity index is 2.41. The zero-order valence-corrected chi connectivity index (χ0v) is 9.06. The van der Waals surface area contributed by atoms with Gasteiger partial charge in [0, 0.05) is 17.1 Å². The minimum absolute atomic E-state index is 0.442.